The minimum atomic E-state index is -0.00786. The van der Waals surface area contributed by atoms with E-state index in [1.54, 1.807) is 0 Å². The van der Waals surface area contributed by atoms with E-state index >= 15 is 0 Å². The molecule has 1 saturated carbocycles. The van der Waals surface area contributed by atoms with Crippen molar-refractivity contribution in [2.24, 2.45) is 11.7 Å². The van der Waals surface area contributed by atoms with Crippen LogP contribution < -0.4 is 5.73 Å². The molecule has 0 saturated heterocycles. The molecule has 1 aromatic carbocycles. The quantitative estimate of drug-likeness (QED) is 0.832. The third-order valence-corrected chi connectivity index (χ3v) is 4.21. The van der Waals surface area contributed by atoms with Crippen molar-refractivity contribution in [2.75, 3.05) is 0 Å². The van der Waals surface area contributed by atoms with Crippen molar-refractivity contribution in [1.82, 2.24) is 0 Å². The fraction of sp³-hybridized carbons (Fsp3) is 0.571. The smallest absolute Gasteiger partial charge is 0.0406 e. The van der Waals surface area contributed by atoms with Crippen molar-refractivity contribution in [2.45, 2.75) is 44.6 Å². The van der Waals surface area contributed by atoms with E-state index in [1.807, 2.05) is 12.1 Å². The monoisotopic (exact) mass is 237 g/mol. The van der Waals surface area contributed by atoms with Gasteiger partial charge in [0.05, 0.1) is 0 Å². The zero-order chi connectivity index (χ0) is 11.6. The van der Waals surface area contributed by atoms with Gasteiger partial charge in [-0.2, -0.15) is 0 Å². The molecule has 0 radical (unpaired) electrons. The average molecular weight is 238 g/mol. The summed E-state index contributed by atoms with van der Waals surface area (Å²) >= 11 is 5.89. The summed E-state index contributed by atoms with van der Waals surface area (Å²) in [7, 11) is 0. The van der Waals surface area contributed by atoms with Crippen LogP contribution in [0.5, 0.6) is 0 Å². The Bertz CT molecular complexity index is 346. The predicted octanol–water partition coefficient (Wildman–Crippen LogP) is 3.79. The molecule has 1 nitrogen and oxygen atoms in total. The van der Waals surface area contributed by atoms with Gasteiger partial charge in [-0.3, -0.25) is 0 Å². The van der Waals surface area contributed by atoms with Crippen LogP contribution in [0.25, 0.3) is 0 Å². The Morgan fingerprint density at radius 1 is 1.31 bits per heavy atom. The summed E-state index contributed by atoms with van der Waals surface area (Å²) in [6.45, 7) is 2.29. The van der Waals surface area contributed by atoms with E-state index in [0.29, 0.717) is 5.92 Å². The minimum Gasteiger partial charge on any atom is -0.325 e. The van der Waals surface area contributed by atoms with Crippen LogP contribution in [0.15, 0.2) is 24.3 Å². The molecule has 2 heteroatoms. The Balaban J connectivity index is 2.10. The van der Waals surface area contributed by atoms with E-state index in [4.69, 9.17) is 17.3 Å². The lowest BCUT2D eigenvalue weighted by molar-refractivity contribution is 0.204. The number of hydrogen-bond donors (Lipinski definition) is 1. The molecule has 0 bridgehead atoms. The molecule has 0 heterocycles. The fourth-order valence-electron chi connectivity index (χ4n) is 2.68. The van der Waals surface area contributed by atoms with Gasteiger partial charge in [-0.25, -0.2) is 0 Å². The van der Waals surface area contributed by atoms with Gasteiger partial charge < -0.3 is 5.73 Å². The van der Waals surface area contributed by atoms with Crippen LogP contribution in [0, 0.1) is 5.92 Å². The van der Waals surface area contributed by atoms with Crippen LogP contribution in [0.4, 0.5) is 0 Å². The number of hydrogen-bond acceptors (Lipinski definition) is 1. The summed E-state index contributed by atoms with van der Waals surface area (Å²) in [5.41, 5.74) is 7.84. The summed E-state index contributed by atoms with van der Waals surface area (Å²) in [5.74, 6) is 0.622. The zero-order valence-electron chi connectivity index (χ0n) is 9.88. The molecule has 0 aliphatic heterocycles. The maximum atomic E-state index is 6.54. The van der Waals surface area contributed by atoms with Crippen LogP contribution in [-0.4, -0.2) is 5.54 Å². The molecule has 16 heavy (non-hydrogen) atoms. The lowest BCUT2D eigenvalue weighted by Crippen LogP contribution is -2.49. The number of nitrogens with two attached hydrogens (primary N) is 1. The van der Waals surface area contributed by atoms with E-state index in [9.17, 15) is 0 Å². The molecule has 0 amide bonds. The van der Waals surface area contributed by atoms with E-state index in [1.165, 1.54) is 24.8 Å². The molecule has 2 N–H and O–H groups in total. The molecule has 88 valence electrons. The van der Waals surface area contributed by atoms with Crippen molar-refractivity contribution in [3.63, 3.8) is 0 Å². The van der Waals surface area contributed by atoms with Gasteiger partial charge in [0, 0.05) is 10.6 Å². The largest absolute Gasteiger partial charge is 0.325 e. The normalized spacial score (nSPS) is 30.3. The molecule has 2 unspecified atom stereocenters. The highest BCUT2D eigenvalue weighted by Crippen LogP contribution is 2.34. The average Bonchev–Trinajstić information content (AvgIpc) is 2.26. The molecule has 1 aliphatic carbocycles. The first-order valence-corrected chi connectivity index (χ1v) is 6.51. The van der Waals surface area contributed by atoms with Crippen LogP contribution in [0.2, 0.25) is 5.02 Å². The molecule has 2 atom stereocenters. The van der Waals surface area contributed by atoms with Crippen molar-refractivity contribution in [1.29, 1.82) is 0 Å². The highest BCUT2D eigenvalue weighted by Gasteiger charge is 2.34. The van der Waals surface area contributed by atoms with Crippen LogP contribution in [0.1, 0.15) is 38.2 Å². The Morgan fingerprint density at radius 3 is 2.62 bits per heavy atom. The van der Waals surface area contributed by atoms with Crippen molar-refractivity contribution in [3.8, 4) is 0 Å². The second-order valence-electron chi connectivity index (χ2n) is 5.18. The zero-order valence-corrected chi connectivity index (χ0v) is 10.6. The number of benzene rings is 1. The topological polar surface area (TPSA) is 26.0 Å². The minimum absolute atomic E-state index is 0.00786. The van der Waals surface area contributed by atoms with Gasteiger partial charge in [-0.1, -0.05) is 43.5 Å². The molecule has 0 aromatic heterocycles. The van der Waals surface area contributed by atoms with Crippen LogP contribution in [-0.2, 0) is 6.42 Å². The molecule has 0 spiro atoms. The second-order valence-corrected chi connectivity index (χ2v) is 5.62. The molecule has 1 fully saturated rings. The Labute approximate surface area is 103 Å². The maximum Gasteiger partial charge on any atom is 0.0406 e. The summed E-state index contributed by atoms with van der Waals surface area (Å²) in [6, 6.07) is 8.10. The van der Waals surface area contributed by atoms with Gasteiger partial charge in [-0.15, -0.1) is 0 Å². The molecule has 1 aliphatic rings. The molecular formula is C14H20ClN. The van der Waals surface area contributed by atoms with E-state index < -0.39 is 0 Å². The van der Waals surface area contributed by atoms with Gasteiger partial charge in [0.2, 0.25) is 0 Å². The van der Waals surface area contributed by atoms with Crippen LogP contribution >= 0.6 is 11.6 Å². The summed E-state index contributed by atoms with van der Waals surface area (Å²) in [6.07, 6.45) is 6.00. The van der Waals surface area contributed by atoms with Crippen molar-refractivity contribution in [3.05, 3.63) is 34.9 Å². The summed E-state index contributed by atoms with van der Waals surface area (Å²) < 4.78 is 0. The lowest BCUT2D eigenvalue weighted by atomic mass is 9.71. The van der Waals surface area contributed by atoms with Gasteiger partial charge in [0.1, 0.15) is 0 Å². The Hall–Kier alpha value is -0.530. The van der Waals surface area contributed by atoms with Crippen molar-refractivity contribution < 1.29 is 0 Å². The highest BCUT2D eigenvalue weighted by molar-refractivity contribution is 6.30. The van der Waals surface area contributed by atoms with Crippen molar-refractivity contribution >= 4 is 11.6 Å². The molecule has 2 rings (SSSR count). The van der Waals surface area contributed by atoms with Crippen LogP contribution in [0.3, 0.4) is 0 Å². The second kappa shape index (κ2) is 4.77. The first-order chi connectivity index (χ1) is 7.60. The molecule has 1 aromatic rings. The fourth-order valence-corrected chi connectivity index (χ4v) is 2.81. The Morgan fingerprint density at radius 2 is 2.00 bits per heavy atom. The van der Waals surface area contributed by atoms with Gasteiger partial charge >= 0.3 is 0 Å². The highest BCUT2D eigenvalue weighted by atomic mass is 35.5. The predicted molar refractivity (Wildman–Crippen MR) is 69.7 cm³/mol. The lowest BCUT2D eigenvalue weighted by Gasteiger charge is -2.39. The van der Waals surface area contributed by atoms with E-state index in [0.717, 1.165) is 17.9 Å². The first-order valence-electron chi connectivity index (χ1n) is 6.13. The van der Waals surface area contributed by atoms with Gasteiger partial charge in [0.15, 0.2) is 0 Å². The third-order valence-electron chi connectivity index (χ3n) is 3.96. The van der Waals surface area contributed by atoms with E-state index in [2.05, 4.69) is 19.1 Å². The Kier molecular flexibility index (Phi) is 3.56. The summed E-state index contributed by atoms with van der Waals surface area (Å²) in [4.78, 5) is 0. The summed E-state index contributed by atoms with van der Waals surface area (Å²) in [5, 5.41) is 0.798. The number of halogens is 1. The van der Waals surface area contributed by atoms with E-state index in [-0.39, 0.29) is 5.54 Å². The molecular weight excluding hydrogens is 218 g/mol. The third kappa shape index (κ3) is 2.58. The first kappa shape index (κ1) is 11.9. The SMILES string of the molecule is CC1CCCCC1(N)Cc1ccc(Cl)cc1. The van der Waals surface area contributed by atoms with Gasteiger partial charge in [-0.05, 0) is 42.9 Å². The maximum absolute atomic E-state index is 6.54. The number of rotatable bonds is 2. The van der Waals surface area contributed by atoms with Gasteiger partial charge in [0.25, 0.3) is 0 Å². The standard InChI is InChI=1S/C14H20ClN/c1-11-4-2-3-9-14(11,16)10-12-5-7-13(15)8-6-12/h5-8,11H,2-4,9-10,16H2,1H3.